The minimum atomic E-state index is -0.0621. The van der Waals surface area contributed by atoms with Gasteiger partial charge in [-0.3, -0.25) is 14.3 Å². The number of anilines is 1. The van der Waals surface area contributed by atoms with Crippen LogP contribution < -0.4 is 5.32 Å². The summed E-state index contributed by atoms with van der Waals surface area (Å²) in [5, 5.41) is 7.27. The SMILES string of the molecule is O=C(Nc1cccc(Cn2cccn2)c1)C1CCN(C(=O)CCc2ccccc2)CC1. The maximum Gasteiger partial charge on any atom is 0.227 e. The van der Waals surface area contributed by atoms with Gasteiger partial charge in [-0.15, -0.1) is 0 Å². The van der Waals surface area contributed by atoms with Crippen molar-refractivity contribution < 1.29 is 9.59 Å². The summed E-state index contributed by atoms with van der Waals surface area (Å²) in [5.41, 5.74) is 3.07. The van der Waals surface area contributed by atoms with Crippen molar-refractivity contribution in [3.8, 4) is 0 Å². The van der Waals surface area contributed by atoms with Gasteiger partial charge in [-0.2, -0.15) is 5.10 Å². The molecule has 0 radical (unpaired) electrons. The summed E-state index contributed by atoms with van der Waals surface area (Å²) in [6.45, 7) is 1.95. The number of nitrogens with one attached hydrogen (secondary N) is 1. The first-order chi connectivity index (χ1) is 15.2. The molecular formula is C25H28N4O2. The molecule has 0 bridgehead atoms. The molecule has 1 aliphatic rings. The Kier molecular flexibility index (Phi) is 6.77. The normalized spacial score (nSPS) is 14.4. The lowest BCUT2D eigenvalue weighted by molar-refractivity contribution is -0.134. The quantitative estimate of drug-likeness (QED) is 0.638. The van der Waals surface area contributed by atoms with Crippen LogP contribution in [0.4, 0.5) is 5.69 Å². The van der Waals surface area contributed by atoms with Gasteiger partial charge in [0.2, 0.25) is 11.8 Å². The van der Waals surface area contributed by atoms with Gasteiger partial charge in [0.1, 0.15) is 0 Å². The number of amides is 2. The van der Waals surface area contributed by atoms with Gasteiger partial charge < -0.3 is 10.2 Å². The Hall–Kier alpha value is -3.41. The summed E-state index contributed by atoms with van der Waals surface area (Å²) in [6.07, 6.45) is 6.36. The second-order valence-corrected chi connectivity index (χ2v) is 8.03. The van der Waals surface area contributed by atoms with E-state index in [1.165, 1.54) is 5.56 Å². The lowest BCUT2D eigenvalue weighted by Gasteiger charge is -2.31. The average Bonchev–Trinajstić information content (AvgIpc) is 3.31. The summed E-state index contributed by atoms with van der Waals surface area (Å²) >= 11 is 0. The highest BCUT2D eigenvalue weighted by molar-refractivity contribution is 5.92. The van der Waals surface area contributed by atoms with Crippen LogP contribution in [0.1, 0.15) is 30.4 Å². The zero-order valence-corrected chi connectivity index (χ0v) is 17.6. The van der Waals surface area contributed by atoms with Crippen molar-refractivity contribution in [2.45, 2.75) is 32.2 Å². The van der Waals surface area contributed by atoms with E-state index < -0.39 is 0 Å². The van der Waals surface area contributed by atoms with E-state index in [0.29, 0.717) is 38.9 Å². The predicted molar refractivity (Wildman–Crippen MR) is 120 cm³/mol. The molecule has 1 aliphatic heterocycles. The number of benzene rings is 2. The number of aromatic nitrogens is 2. The molecule has 1 aromatic heterocycles. The third kappa shape index (κ3) is 5.81. The number of hydrogen-bond acceptors (Lipinski definition) is 3. The third-order valence-electron chi connectivity index (χ3n) is 5.79. The Labute approximate surface area is 182 Å². The van der Waals surface area contributed by atoms with Crippen LogP contribution in [0.5, 0.6) is 0 Å². The van der Waals surface area contributed by atoms with Gasteiger partial charge in [0.15, 0.2) is 0 Å². The van der Waals surface area contributed by atoms with Crippen LogP contribution in [-0.2, 0) is 22.6 Å². The molecule has 0 saturated carbocycles. The van der Waals surface area contributed by atoms with E-state index >= 15 is 0 Å². The fourth-order valence-corrected chi connectivity index (χ4v) is 4.02. The molecule has 0 atom stereocenters. The standard InChI is InChI=1S/C25H28N4O2/c30-24(11-10-20-6-2-1-3-7-20)28-16-12-22(13-17-28)25(31)27-23-9-4-8-21(18-23)19-29-15-5-14-26-29/h1-9,14-15,18,22H,10-13,16-17,19H2,(H,27,31). The number of carbonyl (C=O) groups excluding carboxylic acids is 2. The molecule has 6 heteroatoms. The van der Waals surface area contributed by atoms with Crippen molar-refractivity contribution in [1.29, 1.82) is 0 Å². The second kappa shape index (κ2) is 10.1. The monoisotopic (exact) mass is 416 g/mol. The van der Waals surface area contributed by atoms with Gasteiger partial charge in [0.25, 0.3) is 0 Å². The summed E-state index contributed by atoms with van der Waals surface area (Å²) < 4.78 is 1.85. The van der Waals surface area contributed by atoms with Crippen molar-refractivity contribution in [1.82, 2.24) is 14.7 Å². The molecular weight excluding hydrogens is 388 g/mol. The fourth-order valence-electron chi connectivity index (χ4n) is 4.02. The van der Waals surface area contributed by atoms with Gasteiger partial charge in [-0.05, 0) is 48.6 Å². The number of piperidine rings is 1. The molecule has 1 saturated heterocycles. The first-order valence-electron chi connectivity index (χ1n) is 10.9. The van der Waals surface area contributed by atoms with Crippen LogP contribution in [0.25, 0.3) is 0 Å². The Morgan fingerprint density at radius 2 is 1.74 bits per heavy atom. The Morgan fingerprint density at radius 3 is 2.48 bits per heavy atom. The highest BCUT2D eigenvalue weighted by atomic mass is 16.2. The lowest BCUT2D eigenvalue weighted by Crippen LogP contribution is -2.41. The van der Waals surface area contributed by atoms with Crippen molar-refractivity contribution >= 4 is 17.5 Å². The summed E-state index contributed by atoms with van der Waals surface area (Å²) in [7, 11) is 0. The highest BCUT2D eigenvalue weighted by Crippen LogP contribution is 2.21. The molecule has 2 amide bonds. The molecule has 1 N–H and O–H groups in total. The van der Waals surface area contributed by atoms with Crippen molar-refractivity contribution in [2.24, 2.45) is 5.92 Å². The zero-order valence-electron chi connectivity index (χ0n) is 17.6. The zero-order chi connectivity index (χ0) is 21.5. The Morgan fingerprint density at radius 1 is 0.968 bits per heavy atom. The molecule has 1 fully saturated rings. The molecule has 2 aromatic carbocycles. The van der Waals surface area contributed by atoms with E-state index in [-0.39, 0.29) is 17.7 Å². The van der Waals surface area contributed by atoms with Crippen molar-refractivity contribution in [3.63, 3.8) is 0 Å². The topological polar surface area (TPSA) is 67.2 Å². The summed E-state index contributed by atoms with van der Waals surface area (Å²) in [5.74, 6) is 0.148. The smallest absolute Gasteiger partial charge is 0.227 e. The Balaban J connectivity index is 1.24. The molecule has 2 heterocycles. The molecule has 0 spiro atoms. The highest BCUT2D eigenvalue weighted by Gasteiger charge is 2.27. The molecule has 4 rings (SSSR count). The fraction of sp³-hybridized carbons (Fsp3) is 0.320. The van der Waals surface area contributed by atoms with Crippen LogP contribution in [0, 0.1) is 5.92 Å². The Bertz CT molecular complexity index is 993. The molecule has 0 aliphatic carbocycles. The number of hydrogen-bond donors (Lipinski definition) is 1. The molecule has 160 valence electrons. The number of likely N-dealkylation sites (tertiary alicyclic amines) is 1. The van der Waals surface area contributed by atoms with E-state index in [0.717, 1.165) is 17.7 Å². The number of aryl methyl sites for hydroxylation is 1. The first kappa shape index (κ1) is 20.8. The summed E-state index contributed by atoms with van der Waals surface area (Å²) in [4.78, 5) is 27.2. The lowest BCUT2D eigenvalue weighted by atomic mass is 9.95. The molecule has 0 unspecified atom stereocenters. The van der Waals surface area contributed by atoms with E-state index in [4.69, 9.17) is 0 Å². The van der Waals surface area contributed by atoms with Gasteiger partial charge in [0.05, 0.1) is 6.54 Å². The van der Waals surface area contributed by atoms with E-state index in [9.17, 15) is 9.59 Å². The van der Waals surface area contributed by atoms with E-state index in [1.54, 1.807) is 6.20 Å². The van der Waals surface area contributed by atoms with Crippen molar-refractivity contribution in [3.05, 3.63) is 84.2 Å². The second-order valence-electron chi connectivity index (χ2n) is 8.03. The van der Waals surface area contributed by atoms with Gasteiger partial charge >= 0.3 is 0 Å². The largest absolute Gasteiger partial charge is 0.343 e. The average molecular weight is 417 g/mol. The molecule has 3 aromatic rings. The van der Waals surface area contributed by atoms with Gasteiger partial charge in [0, 0.05) is 43.5 Å². The van der Waals surface area contributed by atoms with Gasteiger partial charge in [-0.25, -0.2) is 0 Å². The number of nitrogens with zero attached hydrogens (tertiary/aromatic N) is 3. The molecule has 6 nitrogen and oxygen atoms in total. The minimum Gasteiger partial charge on any atom is -0.343 e. The van der Waals surface area contributed by atoms with Crippen molar-refractivity contribution in [2.75, 3.05) is 18.4 Å². The van der Waals surface area contributed by atoms with Crippen LogP contribution in [0.2, 0.25) is 0 Å². The van der Waals surface area contributed by atoms with E-state index in [1.807, 2.05) is 76.4 Å². The third-order valence-corrected chi connectivity index (χ3v) is 5.79. The van der Waals surface area contributed by atoms with Gasteiger partial charge in [-0.1, -0.05) is 42.5 Å². The number of carbonyl (C=O) groups is 2. The van der Waals surface area contributed by atoms with Crippen LogP contribution >= 0.6 is 0 Å². The summed E-state index contributed by atoms with van der Waals surface area (Å²) in [6, 6.07) is 19.8. The van der Waals surface area contributed by atoms with Crippen LogP contribution in [0.3, 0.4) is 0 Å². The first-order valence-corrected chi connectivity index (χ1v) is 10.9. The maximum atomic E-state index is 12.8. The van der Waals surface area contributed by atoms with Crippen LogP contribution in [0.15, 0.2) is 73.1 Å². The molecule has 31 heavy (non-hydrogen) atoms. The van der Waals surface area contributed by atoms with E-state index in [2.05, 4.69) is 10.4 Å². The van der Waals surface area contributed by atoms with Crippen LogP contribution in [-0.4, -0.2) is 39.6 Å². The number of rotatable bonds is 7. The predicted octanol–water partition coefficient (Wildman–Crippen LogP) is 3.74. The minimum absolute atomic E-state index is 0.0348. The maximum absolute atomic E-state index is 12.8.